The lowest BCUT2D eigenvalue weighted by Crippen LogP contribution is -2.27. The fraction of sp³-hybridized carbons (Fsp3) is 0.350. The lowest BCUT2D eigenvalue weighted by atomic mass is 9.91. The molecule has 1 aromatic carbocycles. The van der Waals surface area contributed by atoms with Crippen LogP contribution in [0.3, 0.4) is 0 Å². The zero-order chi connectivity index (χ0) is 17.7. The van der Waals surface area contributed by atoms with E-state index in [1.807, 2.05) is 7.05 Å². The summed E-state index contributed by atoms with van der Waals surface area (Å²) in [4.78, 5) is 16.8. The Morgan fingerprint density at radius 1 is 1.19 bits per heavy atom. The van der Waals surface area contributed by atoms with Gasteiger partial charge < -0.3 is 9.47 Å². The molecule has 0 bridgehead atoms. The Kier molecular flexibility index (Phi) is 3.67. The van der Waals surface area contributed by atoms with Gasteiger partial charge in [0.25, 0.3) is 5.91 Å². The van der Waals surface area contributed by atoms with Gasteiger partial charge >= 0.3 is 0 Å². The van der Waals surface area contributed by atoms with Crippen molar-refractivity contribution in [3.8, 4) is 10.4 Å². The van der Waals surface area contributed by atoms with Gasteiger partial charge in [0.15, 0.2) is 5.82 Å². The van der Waals surface area contributed by atoms with Gasteiger partial charge in [0.2, 0.25) is 0 Å². The summed E-state index contributed by atoms with van der Waals surface area (Å²) >= 11 is 1.62. The first-order valence-corrected chi connectivity index (χ1v) is 9.90. The van der Waals surface area contributed by atoms with Crippen LogP contribution in [0.2, 0.25) is 0 Å². The van der Waals surface area contributed by atoms with Crippen molar-refractivity contribution >= 4 is 17.2 Å². The Bertz CT molecular complexity index is 1000. The molecule has 0 fully saturated rings. The number of hydrogen-bond acceptors (Lipinski definition) is 4. The highest BCUT2D eigenvalue weighted by molar-refractivity contribution is 7.17. The van der Waals surface area contributed by atoms with Gasteiger partial charge in [-0.25, -0.2) is 0 Å². The van der Waals surface area contributed by atoms with E-state index < -0.39 is 0 Å². The number of amides is 1. The van der Waals surface area contributed by atoms with Crippen molar-refractivity contribution in [1.82, 2.24) is 19.7 Å². The van der Waals surface area contributed by atoms with Gasteiger partial charge in [-0.3, -0.25) is 4.79 Å². The van der Waals surface area contributed by atoms with Gasteiger partial charge in [0.05, 0.1) is 11.4 Å². The van der Waals surface area contributed by atoms with E-state index in [4.69, 9.17) is 0 Å². The average molecular weight is 364 g/mol. The topological polar surface area (TPSA) is 51.0 Å². The summed E-state index contributed by atoms with van der Waals surface area (Å²) in [6.07, 6.45) is 4.17. The highest BCUT2D eigenvalue weighted by atomic mass is 32.1. The second kappa shape index (κ2) is 6.06. The van der Waals surface area contributed by atoms with E-state index in [1.165, 1.54) is 21.6 Å². The molecule has 3 aromatic rings. The lowest BCUT2D eigenvalue weighted by Gasteiger charge is -2.15. The van der Waals surface area contributed by atoms with Crippen LogP contribution in [0.25, 0.3) is 10.4 Å². The third-order valence-corrected chi connectivity index (χ3v) is 6.56. The van der Waals surface area contributed by atoms with E-state index >= 15 is 0 Å². The molecule has 5 nitrogen and oxygen atoms in total. The van der Waals surface area contributed by atoms with Crippen LogP contribution < -0.4 is 0 Å². The van der Waals surface area contributed by atoms with Crippen LogP contribution in [0.5, 0.6) is 0 Å². The summed E-state index contributed by atoms with van der Waals surface area (Å²) < 4.78 is 2.15. The fourth-order valence-electron chi connectivity index (χ4n) is 3.98. The molecule has 0 unspecified atom stereocenters. The second-order valence-corrected chi connectivity index (χ2v) is 8.12. The van der Waals surface area contributed by atoms with E-state index in [2.05, 4.69) is 45.1 Å². The molecule has 132 valence electrons. The number of aromatic nitrogens is 3. The summed E-state index contributed by atoms with van der Waals surface area (Å²) in [6, 6.07) is 10.6. The maximum Gasteiger partial charge on any atom is 0.264 e. The third-order valence-electron chi connectivity index (χ3n) is 5.36. The number of thiophene rings is 1. The minimum absolute atomic E-state index is 0.0669. The lowest BCUT2D eigenvalue weighted by molar-refractivity contribution is 0.0784. The quantitative estimate of drug-likeness (QED) is 0.716. The molecular formula is C20H20N4OS. The highest BCUT2D eigenvalue weighted by Crippen LogP contribution is 2.39. The van der Waals surface area contributed by atoms with E-state index in [-0.39, 0.29) is 5.91 Å². The molecule has 1 aliphatic carbocycles. The fourth-order valence-corrected chi connectivity index (χ4v) is 5.24. The number of aryl methyl sites for hydroxylation is 3. The maximum atomic E-state index is 13.0. The van der Waals surface area contributed by atoms with Crippen molar-refractivity contribution in [2.75, 3.05) is 7.05 Å². The Balaban J connectivity index is 1.40. The monoisotopic (exact) mass is 364 g/mol. The van der Waals surface area contributed by atoms with Gasteiger partial charge in [0, 0.05) is 24.9 Å². The summed E-state index contributed by atoms with van der Waals surface area (Å²) in [5.41, 5.74) is 3.97. The molecule has 0 saturated carbocycles. The smallest absolute Gasteiger partial charge is 0.264 e. The van der Waals surface area contributed by atoms with Crippen molar-refractivity contribution in [2.24, 2.45) is 0 Å². The van der Waals surface area contributed by atoms with Crippen LogP contribution in [0, 0.1) is 0 Å². The molecule has 0 N–H and O–H groups in total. The predicted octanol–water partition coefficient (Wildman–Crippen LogP) is 3.32. The Morgan fingerprint density at radius 2 is 2.04 bits per heavy atom. The van der Waals surface area contributed by atoms with E-state index in [9.17, 15) is 4.79 Å². The number of fused-ring (bicyclic) bond motifs is 4. The van der Waals surface area contributed by atoms with Crippen LogP contribution in [0.4, 0.5) is 0 Å². The van der Waals surface area contributed by atoms with Gasteiger partial charge in [-0.15, -0.1) is 21.5 Å². The number of benzene rings is 1. The van der Waals surface area contributed by atoms with Crippen molar-refractivity contribution in [3.05, 3.63) is 58.0 Å². The number of carbonyl (C=O) groups is 1. The minimum Gasteiger partial charge on any atom is -0.333 e. The van der Waals surface area contributed by atoms with Crippen molar-refractivity contribution in [1.29, 1.82) is 0 Å². The average Bonchev–Trinajstić information content (AvgIpc) is 3.37. The van der Waals surface area contributed by atoms with Gasteiger partial charge in [-0.2, -0.15) is 0 Å². The predicted molar refractivity (Wildman–Crippen MR) is 101 cm³/mol. The van der Waals surface area contributed by atoms with Crippen molar-refractivity contribution in [2.45, 2.75) is 38.8 Å². The van der Waals surface area contributed by atoms with Crippen LogP contribution in [-0.2, 0) is 32.4 Å². The molecule has 1 amide bonds. The van der Waals surface area contributed by atoms with Crippen LogP contribution in [0.1, 0.15) is 38.9 Å². The number of hydrogen-bond donors (Lipinski definition) is 0. The number of carbonyl (C=O) groups excluding carboxylic acids is 1. The zero-order valence-electron chi connectivity index (χ0n) is 14.7. The molecule has 26 heavy (non-hydrogen) atoms. The molecule has 2 aliphatic rings. The van der Waals surface area contributed by atoms with E-state index in [0.717, 1.165) is 48.8 Å². The third kappa shape index (κ3) is 2.48. The van der Waals surface area contributed by atoms with Crippen LogP contribution >= 0.6 is 11.3 Å². The minimum atomic E-state index is 0.0669. The van der Waals surface area contributed by atoms with E-state index in [1.54, 1.807) is 16.2 Å². The van der Waals surface area contributed by atoms with Gasteiger partial charge in [-0.1, -0.05) is 24.3 Å². The summed E-state index contributed by atoms with van der Waals surface area (Å²) in [5, 5.41) is 8.51. The summed E-state index contributed by atoms with van der Waals surface area (Å²) in [7, 11) is 1.85. The number of nitrogens with zero attached hydrogens (tertiary/aromatic N) is 4. The molecule has 2 aromatic heterocycles. The largest absolute Gasteiger partial charge is 0.333 e. The molecule has 5 rings (SSSR count). The molecular weight excluding hydrogens is 344 g/mol. The van der Waals surface area contributed by atoms with E-state index in [0.29, 0.717) is 6.54 Å². The zero-order valence-corrected chi connectivity index (χ0v) is 15.6. The van der Waals surface area contributed by atoms with Crippen molar-refractivity contribution < 1.29 is 4.79 Å². The molecule has 0 radical (unpaired) electrons. The molecule has 1 aliphatic heterocycles. The maximum absolute atomic E-state index is 13.0. The summed E-state index contributed by atoms with van der Waals surface area (Å²) in [6.45, 7) is 1.47. The first-order chi connectivity index (χ1) is 12.7. The first-order valence-electron chi connectivity index (χ1n) is 9.08. The van der Waals surface area contributed by atoms with Gasteiger partial charge in [0.1, 0.15) is 5.82 Å². The van der Waals surface area contributed by atoms with Crippen molar-refractivity contribution in [3.63, 3.8) is 0 Å². The highest BCUT2D eigenvalue weighted by Gasteiger charge is 2.24. The Labute approximate surface area is 156 Å². The van der Waals surface area contributed by atoms with Gasteiger partial charge in [-0.05, 0) is 42.0 Å². The molecule has 0 spiro atoms. The van der Waals surface area contributed by atoms with Crippen LogP contribution in [0.15, 0.2) is 30.3 Å². The Morgan fingerprint density at radius 3 is 2.96 bits per heavy atom. The summed E-state index contributed by atoms with van der Waals surface area (Å²) in [5.74, 6) is 2.00. The molecule has 6 heteroatoms. The van der Waals surface area contributed by atoms with Crippen LogP contribution in [-0.4, -0.2) is 32.6 Å². The normalized spacial score (nSPS) is 14.7. The second-order valence-electron chi connectivity index (χ2n) is 7.07. The Hall–Kier alpha value is -2.47. The standard InChI is InChI=1S/C20H20N4OS/c1-23(12-18-22-21-17-7-4-10-24(17)18)20(25)16-11-14-9-8-13-5-2-3-6-15(13)19(14)26-16/h2-3,5-6,11H,4,7-10,12H2,1H3. The SMILES string of the molecule is CN(Cc1nnc2n1CCC2)C(=O)c1cc2c(s1)-c1ccccc1CC2. The molecule has 0 saturated heterocycles. The molecule has 3 heterocycles. The number of rotatable bonds is 3. The first kappa shape index (κ1) is 15.8. The molecule has 0 atom stereocenters.